The van der Waals surface area contributed by atoms with Gasteiger partial charge in [-0.2, -0.15) is 0 Å². The Balaban J connectivity index is 1.86. The zero-order valence-corrected chi connectivity index (χ0v) is 14.2. The number of hydrogen-bond donors (Lipinski definition) is 0. The minimum Gasteiger partial charge on any atom is -0.256 e. The lowest BCUT2D eigenvalue weighted by atomic mass is 9.94. The molecule has 0 aliphatic rings. The molecule has 0 N–H and O–H groups in total. The molecule has 0 radical (unpaired) electrons. The average molecular weight is 305 g/mol. The van der Waals surface area contributed by atoms with E-state index in [-0.39, 0.29) is 0 Å². The molecule has 1 atom stereocenters. The Morgan fingerprint density at radius 1 is 0.870 bits per heavy atom. The van der Waals surface area contributed by atoms with Crippen LogP contribution in [-0.4, -0.2) is 15.0 Å². The van der Waals surface area contributed by atoms with Crippen LogP contribution in [0.3, 0.4) is 0 Å². The Labute approximate surface area is 137 Å². The molecule has 0 aliphatic carbocycles. The molecule has 3 aromatic rings. The third kappa shape index (κ3) is 3.55. The predicted molar refractivity (Wildman–Crippen MR) is 94.7 cm³/mol. The van der Waals surface area contributed by atoms with Gasteiger partial charge < -0.3 is 0 Å². The van der Waals surface area contributed by atoms with Crippen molar-refractivity contribution in [2.24, 2.45) is 0 Å². The maximum atomic E-state index is 4.57. The lowest BCUT2D eigenvalue weighted by molar-refractivity contribution is 0.746. The first-order valence-corrected chi connectivity index (χ1v) is 8.20. The van der Waals surface area contributed by atoms with Gasteiger partial charge in [-0.3, -0.25) is 4.98 Å². The smallest absolute Gasteiger partial charge is 0.125 e. The molecule has 0 amide bonds. The van der Waals surface area contributed by atoms with E-state index in [9.17, 15) is 0 Å². The van der Waals surface area contributed by atoms with E-state index >= 15 is 0 Å². The van der Waals surface area contributed by atoms with Crippen molar-refractivity contribution in [1.82, 2.24) is 15.0 Å². The van der Waals surface area contributed by atoms with E-state index < -0.39 is 0 Å². The highest BCUT2D eigenvalue weighted by molar-refractivity contribution is 5.79. The number of nitrogens with zero attached hydrogens (tertiary/aromatic N) is 3. The van der Waals surface area contributed by atoms with E-state index in [1.54, 1.807) is 0 Å². The van der Waals surface area contributed by atoms with Crippen LogP contribution >= 0.6 is 0 Å². The fourth-order valence-corrected chi connectivity index (χ4v) is 2.77. The average Bonchev–Trinajstić information content (AvgIpc) is 2.54. The zero-order valence-electron chi connectivity index (χ0n) is 14.2. The Morgan fingerprint density at radius 3 is 2.26 bits per heavy atom. The Kier molecular flexibility index (Phi) is 4.37. The summed E-state index contributed by atoms with van der Waals surface area (Å²) in [4.78, 5) is 13.2. The van der Waals surface area contributed by atoms with Gasteiger partial charge in [0.25, 0.3) is 0 Å². The molecule has 23 heavy (non-hydrogen) atoms. The van der Waals surface area contributed by atoms with Crippen molar-refractivity contribution in [2.75, 3.05) is 0 Å². The molecule has 0 aliphatic heterocycles. The molecule has 0 unspecified atom stereocenters. The van der Waals surface area contributed by atoms with Gasteiger partial charge in [-0.05, 0) is 60.1 Å². The highest BCUT2D eigenvalue weighted by Gasteiger charge is 2.09. The van der Waals surface area contributed by atoms with E-state index in [1.165, 1.54) is 22.1 Å². The van der Waals surface area contributed by atoms with Gasteiger partial charge in [-0.15, -0.1) is 0 Å². The lowest BCUT2D eigenvalue weighted by Crippen LogP contribution is -2.01. The molecule has 3 rings (SSSR count). The maximum absolute atomic E-state index is 4.57. The fourth-order valence-electron chi connectivity index (χ4n) is 2.77. The van der Waals surface area contributed by atoms with Gasteiger partial charge in [0.2, 0.25) is 0 Å². The Morgan fingerprint density at radius 2 is 1.57 bits per heavy atom. The second kappa shape index (κ2) is 6.45. The number of aryl methyl sites for hydroxylation is 1. The molecule has 3 nitrogen and oxygen atoms in total. The molecule has 0 fully saturated rings. The van der Waals surface area contributed by atoms with Crippen molar-refractivity contribution in [3.8, 4) is 0 Å². The van der Waals surface area contributed by atoms with Gasteiger partial charge in [0.15, 0.2) is 0 Å². The number of rotatable bonds is 4. The van der Waals surface area contributed by atoms with Gasteiger partial charge in [0.1, 0.15) is 5.82 Å². The van der Waals surface area contributed by atoms with Crippen LogP contribution in [0.4, 0.5) is 0 Å². The van der Waals surface area contributed by atoms with Crippen molar-refractivity contribution in [1.29, 1.82) is 0 Å². The number of hydrogen-bond acceptors (Lipinski definition) is 3. The van der Waals surface area contributed by atoms with Crippen molar-refractivity contribution in [3.63, 3.8) is 0 Å². The third-order valence-electron chi connectivity index (χ3n) is 4.35. The SMILES string of the molecule is Cc1ncc([C@@H](C)Cc2ccc3ncc(C(C)C)cc3c2)cn1. The van der Waals surface area contributed by atoms with Crippen LogP contribution in [0.5, 0.6) is 0 Å². The third-order valence-corrected chi connectivity index (χ3v) is 4.35. The van der Waals surface area contributed by atoms with Crippen LogP contribution in [0, 0.1) is 6.92 Å². The first-order valence-electron chi connectivity index (χ1n) is 8.20. The molecule has 118 valence electrons. The highest BCUT2D eigenvalue weighted by atomic mass is 14.8. The van der Waals surface area contributed by atoms with Gasteiger partial charge in [0.05, 0.1) is 5.52 Å². The van der Waals surface area contributed by atoms with Crippen LogP contribution < -0.4 is 0 Å². The van der Waals surface area contributed by atoms with Crippen LogP contribution in [0.15, 0.2) is 42.9 Å². The van der Waals surface area contributed by atoms with E-state index in [2.05, 4.69) is 60.0 Å². The summed E-state index contributed by atoms with van der Waals surface area (Å²) in [5.74, 6) is 1.72. The molecular weight excluding hydrogens is 282 g/mol. The Hall–Kier alpha value is -2.29. The minimum absolute atomic E-state index is 0.397. The van der Waals surface area contributed by atoms with Crippen LogP contribution in [0.1, 0.15) is 55.1 Å². The first kappa shape index (κ1) is 15.6. The predicted octanol–water partition coefficient (Wildman–Crippen LogP) is 4.80. The molecule has 2 heterocycles. The summed E-state index contributed by atoms with van der Waals surface area (Å²) < 4.78 is 0. The van der Waals surface area contributed by atoms with Crippen LogP contribution in [-0.2, 0) is 6.42 Å². The van der Waals surface area contributed by atoms with Crippen molar-refractivity contribution < 1.29 is 0 Å². The minimum atomic E-state index is 0.397. The molecule has 2 aromatic heterocycles. The van der Waals surface area contributed by atoms with Crippen molar-refractivity contribution in [2.45, 2.75) is 46.0 Å². The largest absolute Gasteiger partial charge is 0.256 e. The van der Waals surface area contributed by atoms with Crippen LogP contribution in [0.25, 0.3) is 10.9 Å². The molecule has 0 saturated heterocycles. The van der Waals surface area contributed by atoms with Crippen LogP contribution in [0.2, 0.25) is 0 Å². The molecule has 0 saturated carbocycles. The van der Waals surface area contributed by atoms with Gasteiger partial charge in [-0.1, -0.05) is 26.8 Å². The molecular formula is C20H23N3. The molecule has 1 aromatic carbocycles. The summed E-state index contributed by atoms with van der Waals surface area (Å²) in [5, 5.41) is 1.22. The second-order valence-electron chi connectivity index (χ2n) is 6.62. The Bertz CT molecular complexity index is 807. The van der Waals surface area contributed by atoms with E-state index in [1.807, 2.05) is 25.5 Å². The topological polar surface area (TPSA) is 38.7 Å². The van der Waals surface area contributed by atoms with Crippen molar-refractivity contribution in [3.05, 3.63) is 65.4 Å². The van der Waals surface area contributed by atoms with Gasteiger partial charge in [-0.25, -0.2) is 9.97 Å². The highest BCUT2D eigenvalue weighted by Crippen LogP contribution is 2.24. The summed E-state index contributed by atoms with van der Waals surface area (Å²) >= 11 is 0. The standard InChI is InChI=1S/C20H23N3/c1-13(2)18-9-17-8-16(5-6-20(17)23-10-18)7-14(3)19-11-21-15(4)22-12-19/h5-6,8-14H,7H2,1-4H3/t14-/m0/s1. The quantitative estimate of drug-likeness (QED) is 0.694. The van der Waals surface area contributed by atoms with Gasteiger partial charge in [0, 0.05) is 24.0 Å². The number of fused-ring (bicyclic) bond motifs is 1. The summed E-state index contributed by atoms with van der Waals surface area (Å²) in [7, 11) is 0. The van der Waals surface area contributed by atoms with Gasteiger partial charge >= 0.3 is 0 Å². The monoisotopic (exact) mass is 305 g/mol. The molecule has 3 heteroatoms. The number of aromatic nitrogens is 3. The molecule has 0 spiro atoms. The number of pyridine rings is 1. The zero-order chi connectivity index (χ0) is 16.4. The summed E-state index contributed by atoms with van der Waals surface area (Å²) in [6.45, 7) is 8.54. The van der Waals surface area contributed by atoms with E-state index in [0.717, 1.165) is 17.8 Å². The second-order valence-corrected chi connectivity index (χ2v) is 6.62. The summed E-state index contributed by atoms with van der Waals surface area (Å²) in [6.07, 6.45) is 6.84. The fraction of sp³-hybridized carbons (Fsp3) is 0.350. The first-order chi connectivity index (χ1) is 11.0. The normalized spacial score (nSPS) is 12.7. The van der Waals surface area contributed by atoms with E-state index in [0.29, 0.717) is 11.8 Å². The number of benzene rings is 1. The summed E-state index contributed by atoms with van der Waals surface area (Å²) in [6, 6.07) is 8.82. The lowest BCUT2D eigenvalue weighted by Gasteiger charge is -2.12. The molecule has 0 bridgehead atoms. The maximum Gasteiger partial charge on any atom is 0.125 e. The van der Waals surface area contributed by atoms with E-state index in [4.69, 9.17) is 0 Å². The summed E-state index contributed by atoms with van der Waals surface area (Å²) in [5.41, 5.74) is 4.86. The van der Waals surface area contributed by atoms with Crippen molar-refractivity contribution >= 4 is 10.9 Å².